The normalized spacial score (nSPS) is 11.7. The van der Waals surface area contributed by atoms with Gasteiger partial charge in [0.25, 0.3) is 11.8 Å². The average Bonchev–Trinajstić information content (AvgIpc) is 3.05. The molecule has 1 heterocycles. The molecule has 0 aliphatic carbocycles. The Bertz CT molecular complexity index is 621. The van der Waals surface area contributed by atoms with Crippen LogP contribution in [0.25, 0.3) is 0 Å². The summed E-state index contributed by atoms with van der Waals surface area (Å²) in [7, 11) is 0. The molecule has 3 N–H and O–H groups in total. The van der Waals surface area contributed by atoms with Crippen LogP contribution in [-0.4, -0.2) is 29.6 Å². The first-order valence-electron chi connectivity index (χ1n) is 6.93. The van der Waals surface area contributed by atoms with Crippen LogP contribution in [0.4, 0.5) is 0 Å². The number of aliphatic hydroxyl groups is 1. The van der Waals surface area contributed by atoms with Crippen molar-refractivity contribution in [2.75, 3.05) is 6.54 Å². The monoisotopic (exact) mass is 318 g/mol. The molecular formula is C16H18N2O3S. The van der Waals surface area contributed by atoms with Crippen molar-refractivity contribution in [2.45, 2.75) is 19.6 Å². The summed E-state index contributed by atoms with van der Waals surface area (Å²) in [6.45, 7) is 2.24. The first kappa shape index (κ1) is 16.2. The minimum Gasteiger partial charge on any atom is -0.392 e. The van der Waals surface area contributed by atoms with E-state index in [2.05, 4.69) is 10.6 Å². The molecule has 2 amide bonds. The standard InChI is InChI=1S/C16H18N2O3S/c1-11(19)9-17-15(20)13-6-4-12(5-7-13)10-18-16(21)14-3-2-8-22-14/h2-8,11,19H,9-10H2,1H3,(H,17,20)(H,18,21). The molecule has 0 saturated heterocycles. The second kappa shape index (κ2) is 7.72. The van der Waals surface area contributed by atoms with Gasteiger partial charge < -0.3 is 15.7 Å². The molecule has 1 unspecified atom stereocenters. The molecule has 0 aliphatic rings. The molecular weight excluding hydrogens is 300 g/mol. The summed E-state index contributed by atoms with van der Waals surface area (Å²) >= 11 is 1.39. The minimum absolute atomic E-state index is 0.103. The maximum Gasteiger partial charge on any atom is 0.261 e. The maximum atomic E-state index is 11.8. The highest BCUT2D eigenvalue weighted by atomic mass is 32.1. The fourth-order valence-corrected chi connectivity index (χ4v) is 2.43. The van der Waals surface area contributed by atoms with Crippen molar-refractivity contribution in [3.05, 3.63) is 57.8 Å². The third-order valence-corrected chi connectivity index (χ3v) is 3.84. The molecule has 0 saturated carbocycles. The fraction of sp³-hybridized carbons (Fsp3) is 0.250. The van der Waals surface area contributed by atoms with Crippen LogP contribution in [0, 0.1) is 0 Å². The summed E-state index contributed by atoms with van der Waals surface area (Å²) in [6, 6.07) is 10.6. The van der Waals surface area contributed by atoms with E-state index in [1.807, 2.05) is 11.4 Å². The van der Waals surface area contributed by atoms with Crippen molar-refractivity contribution >= 4 is 23.2 Å². The van der Waals surface area contributed by atoms with Gasteiger partial charge in [-0.1, -0.05) is 18.2 Å². The summed E-state index contributed by atoms with van der Waals surface area (Å²) in [5, 5.41) is 16.5. The number of hydrogen-bond donors (Lipinski definition) is 3. The molecule has 6 heteroatoms. The molecule has 0 fully saturated rings. The summed E-state index contributed by atoms with van der Waals surface area (Å²) in [5.41, 5.74) is 1.44. The van der Waals surface area contributed by atoms with Gasteiger partial charge in [-0.05, 0) is 36.1 Å². The lowest BCUT2D eigenvalue weighted by atomic mass is 10.1. The zero-order valence-electron chi connectivity index (χ0n) is 12.2. The highest BCUT2D eigenvalue weighted by molar-refractivity contribution is 7.12. The van der Waals surface area contributed by atoms with Crippen molar-refractivity contribution in [2.24, 2.45) is 0 Å². The highest BCUT2D eigenvalue weighted by Gasteiger charge is 2.08. The van der Waals surface area contributed by atoms with Crippen LogP contribution in [0.15, 0.2) is 41.8 Å². The zero-order chi connectivity index (χ0) is 15.9. The smallest absolute Gasteiger partial charge is 0.261 e. The van der Waals surface area contributed by atoms with Gasteiger partial charge in [-0.2, -0.15) is 0 Å². The van der Waals surface area contributed by atoms with Crippen LogP contribution in [0.5, 0.6) is 0 Å². The minimum atomic E-state index is -0.573. The van der Waals surface area contributed by atoms with Crippen molar-refractivity contribution in [3.8, 4) is 0 Å². The summed E-state index contributed by atoms with van der Waals surface area (Å²) in [5.74, 6) is -0.330. The van der Waals surface area contributed by atoms with E-state index in [0.29, 0.717) is 17.0 Å². The van der Waals surface area contributed by atoms with Crippen molar-refractivity contribution < 1.29 is 14.7 Å². The lowest BCUT2D eigenvalue weighted by Crippen LogP contribution is -2.30. The van der Waals surface area contributed by atoms with Gasteiger partial charge in [0.1, 0.15) is 0 Å². The van der Waals surface area contributed by atoms with Gasteiger partial charge in [0.2, 0.25) is 0 Å². The number of carbonyl (C=O) groups is 2. The summed E-state index contributed by atoms with van der Waals surface area (Å²) in [6.07, 6.45) is -0.573. The second-order valence-electron chi connectivity index (χ2n) is 4.92. The summed E-state index contributed by atoms with van der Waals surface area (Å²) in [4.78, 5) is 24.3. The second-order valence-corrected chi connectivity index (χ2v) is 5.86. The van der Waals surface area contributed by atoms with E-state index < -0.39 is 6.10 Å². The van der Waals surface area contributed by atoms with Crippen LogP contribution in [0.3, 0.4) is 0 Å². The molecule has 0 bridgehead atoms. The molecule has 2 aromatic rings. The van der Waals surface area contributed by atoms with Gasteiger partial charge in [0.15, 0.2) is 0 Å². The fourth-order valence-electron chi connectivity index (χ4n) is 1.79. The first-order valence-corrected chi connectivity index (χ1v) is 7.81. The number of rotatable bonds is 6. The molecule has 1 aromatic carbocycles. The van der Waals surface area contributed by atoms with Gasteiger partial charge in [-0.3, -0.25) is 9.59 Å². The Balaban J connectivity index is 1.86. The van der Waals surface area contributed by atoms with Crippen LogP contribution in [0.1, 0.15) is 32.5 Å². The number of carbonyl (C=O) groups excluding carboxylic acids is 2. The van der Waals surface area contributed by atoms with Gasteiger partial charge >= 0.3 is 0 Å². The van der Waals surface area contributed by atoms with E-state index in [1.54, 1.807) is 37.3 Å². The number of aliphatic hydroxyl groups excluding tert-OH is 1. The van der Waals surface area contributed by atoms with Crippen molar-refractivity contribution in [1.82, 2.24) is 10.6 Å². The largest absolute Gasteiger partial charge is 0.392 e. The van der Waals surface area contributed by atoms with Gasteiger partial charge in [-0.25, -0.2) is 0 Å². The van der Waals surface area contributed by atoms with Gasteiger partial charge in [0.05, 0.1) is 11.0 Å². The van der Waals surface area contributed by atoms with Crippen LogP contribution < -0.4 is 10.6 Å². The third-order valence-electron chi connectivity index (χ3n) is 2.97. The van der Waals surface area contributed by atoms with E-state index in [0.717, 1.165) is 5.56 Å². The maximum absolute atomic E-state index is 11.8. The Labute approximate surface area is 133 Å². The van der Waals surface area contributed by atoms with E-state index >= 15 is 0 Å². The molecule has 0 radical (unpaired) electrons. The van der Waals surface area contributed by atoms with Crippen molar-refractivity contribution in [1.29, 1.82) is 0 Å². The SMILES string of the molecule is CC(O)CNC(=O)c1ccc(CNC(=O)c2cccs2)cc1. The van der Waals surface area contributed by atoms with Gasteiger partial charge in [-0.15, -0.1) is 11.3 Å². The Hall–Kier alpha value is -2.18. The lowest BCUT2D eigenvalue weighted by Gasteiger charge is -2.08. The van der Waals surface area contributed by atoms with Crippen molar-refractivity contribution in [3.63, 3.8) is 0 Å². The third kappa shape index (κ3) is 4.68. The first-order chi connectivity index (χ1) is 10.6. The lowest BCUT2D eigenvalue weighted by molar-refractivity contribution is 0.0922. The summed E-state index contributed by atoms with van der Waals surface area (Å²) < 4.78 is 0. The molecule has 1 atom stereocenters. The molecule has 5 nitrogen and oxygen atoms in total. The Morgan fingerprint density at radius 1 is 1.14 bits per heavy atom. The molecule has 22 heavy (non-hydrogen) atoms. The number of thiophene rings is 1. The molecule has 0 aliphatic heterocycles. The van der Waals surface area contributed by atoms with E-state index in [1.165, 1.54) is 11.3 Å². The highest BCUT2D eigenvalue weighted by Crippen LogP contribution is 2.09. The zero-order valence-corrected chi connectivity index (χ0v) is 13.0. The number of benzene rings is 1. The van der Waals surface area contributed by atoms with Crippen LogP contribution in [-0.2, 0) is 6.54 Å². The van der Waals surface area contributed by atoms with Crippen LogP contribution >= 0.6 is 11.3 Å². The Morgan fingerprint density at radius 2 is 1.86 bits per heavy atom. The van der Waals surface area contributed by atoms with E-state index in [-0.39, 0.29) is 18.4 Å². The molecule has 2 rings (SSSR count). The Morgan fingerprint density at radius 3 is 2.45 bits per heavy atom. The number of amides is 2. The number of hydrogen-bond acceptors (Lipinski definition) is 4. The van der Waals surface area contributed by atoms with Gasteiger partial charge in [0, 0.05) is 18.7 Å². The average molecular weight is 318 g/mol. The van der Waals surface area contributed by atoms with E-state index in [9.17, 15) is 9.59 Å². The molecule has 0 spiro atoms. The molecule has 1 aromatic heterocycles. The molecule has 116 valence electrons. The van der Waals surface area contributed by atoms with Crippen LogP contribution in [0.2, 0.25) is 0 Å². The number of nitrogens with one attached hydrogen (secondary N) is 2. The topological polar surface area (TPSA) is 78.4 Å². The van der Waals surface area contributed by atoms with E-state index in [4.69, 9.17) is 5.11 Å². The predicted molar refractivity (Wildman–Crippen MR) is 85.9 cm³/mol. The Kier molecular flexibility index (Phi) is 5.68. The quantitative estimate of drug-likeness (QED) is 0.760. The predicted octanol–water partition coefficient (Wildman–Crippen LogP) is 1.79.